The minimum absolute atomic E-state index is 0.145. The predicted molar refractivity (Wildman–Crippen MR) is 146 cm³/mol. The summed E-state index contributed by atoms with van der Waals surface area (Å²) in [4.78, 5) is 39.7. The van der Waals surface area contributed by atoms with Crippen LogP contribution in [0.15, 0.2) is 0 Å². The van der Waals surface area contributed by atoms with Crippen molar-refractivity contribution in [2.45, 2.75) is 137 Å². The number of esters is 2. The van der Waals surface area contributed by atoms with Gasteiger partial charge < -0.3 is 14.4 Å². The van der Waals surface area contributed by atoms with Gasteiger partial charge in [-0.2, -0.15) is 0 Å². The average Bonchev–Trinajstić information content (AvgIpc) is 3.05. The molecule has 6 nitrogen and oxygen atoms in total. The summed E-state index contributed by atoms with van der Waals surface area (Å²) in [6.07, 6.45) is 17.0. The van der Waals surface area contributed by atoms with Crippen LogP contribution in [-0.4, -0.2) is 49.0 Å². The second-order valence-corrected chi connectivity index (χ2v) is 11.6. The summed E-state index contributed by atoms with van der Waals surface area (Å²) < 4.78 is 11.2. The van der Waals surface area contributed by atoms with Crippen LogP contribution in [0.3, 0.4) is 0 Å². The summed E-state index contributed by atoms with van der Waals surface area (Å²) in [6, 6.07) is 0. The molecule has 6 heteroatoms. The van der Waals surface area contributed by atoms with E-state index in [0.717, 1.165) is 38.6 Å². The van der Waals surface area contributed by atoms with Crippen LogP contribution in [0.4, 0.5) is 0 Å². The Morgan fingerprint density at radius 1 is 0.778 bits per heavy atom. The second kappa shape index (κ2) is 17.8. The summed E-state index contributed by atoms with van der Waals surface area (Å²) in [7, 11) is 0. The van der Waals surface area contributed by atoms with Gasteiger partial charge in [0.15, 0.2) is 0 Å². The molecule has 1 fully saturated rings. The standard InChI is InChI=1S/C30H55NO5/c1-6-8-9-10-11-12-13-14-15-19-23-35-28(34)30(5,7-2)25-29(3,4)27(33)36-24-22-31-21-18-16-17-20-26(31)32/h6-25H2,1-5H3. The van der Waals surface area contributed by atoms with Gasteiger partial charge in [0.05, 0.1) is 24.0 Å². The van der Waals surface area contributed by atoms with Crippen LogP contribution >= 0.6 is 0 Å². The van der Waals surface area contributed by atoms with Crippen LogP contribution < -0.4 is 0 Å². The number of ether oxygens (including phenoxy) is 2. The van der Waals surface area contributed by atoms with Crippen LogP contribution in [0, 0.1) is 10.8 Å². The molecule has 1 unspecified atom stereocenters. The highest BCUT2D eigenvalue weighted by Crippen LogP contribution is 2.38. The van der Waals surface area contributed by atoms with Crippen molar-refractivity contribution in [1.29, 1.82) is 0 Å². The maximum atomic E-state index is 12.9. The Labute approximate surface area is 221 Å². The minimum Gasteiger partial charge on any atom is -0.465 e. The summed E-state index contributed by atoms with van der Waals surface area (Å²) in [6.45, 7) is 11.6. The SMILES string of the molecule is CCCCCCCCCCCCOC(=O)C(C)(CC)CC(C)(C)C(=O)OCCN1CCCCCC1=O. The lowest BCUT2D eigenvalue weighted by molar-refractivity contribution is -0.163. The van der Waals surface area contributed by atoms with Gasteiger partial charge in [0, 0.05) is 13.0 Å². The molecule has 1 atom stereocenters. The first-order valence-corrected chi connectivity index (χ1v) is 14.8. The number of hydrogen-bond acceptors (Lipinski definition) is 5. The highest BCUT2D eigenvalue weighted by atomic mass is 16.5. The largest absolute Gasteiger partial charge is 0.465 e. The lowest BCUT2D eigenvalue weighted by Crippen LogP contribution is -2.40. The molecular weight excluding hydrogens is 454 g/mol. The Hall–Kier alpha value is -1.59. The molecule has 1 amide bonds. The molecule has 0 saturated carbocycles. The number of rotatable bonds is 19. The first kappa shape index (κ1) is 32.4. The van der Waals surface area contributed by atoms with Gasteiger partial charge in [-0.1, -0.05) is 78.1 Å². The zero-order valence-electron chi connectivity index (χ0n) is 24.1. The topological polar surface area (TPSA) is 72.9 Å². The van der Waals surface area contributed by atoms with Gasteiger partial charge in [0.25, 0.3) is 0 Å². The van der Waals surface area contributed by atoms with E-state index in [1.165, 1.54) is 51.4 Å². The number of carbonyl (C=O) groups is 3. The highest BCUT2D eigenvalue weighted by Gasteiger charge is 2.43. The van der Waals surface area contributed by atoms with Crippen LogP contribution in [-0.2, 0) is 23.9 Å². The van der Waals surface area contributed by atoms with Crippen molar-refractivity contribution >= 4 is 17.8 Å². The molecular formula is C30H55NO5. The minimum atomic E-state index is -0.816. The van der Waals surface area contributed by atoms with Crippen molar-refractivity contribution in [2.75, 3.05) is 26.3 Å². The lowest BCUT2D eigenvalue weighted by Gasteiger charge is -2.33. The molecule has 1 aliphatic heterocycles. The number of carbonyl (C=O) groups excluding carboxylic acids is 3. The van der Waals surface area contributed by atoms with E-state index in [9.17, 15) is 14.4 Å². The van der Waals surface area contributed by atoms with Crippen molar-refractivity contribution in [3.8, 4) is 0 Å². The number of nitrogens with zero attached hydrogens (tertiary/aromatic N) is 1. The summed E-state index contributed by atoms with van der Waals surface area (Å²) in [5, 5.41) is 0. The third-order valence-electron chi connectivity index (χ3n) is 7.65. The van der Waals surface area contributed by atoms with Gasteiger partial charge in [0.1, 0.15) is 6.61 Å². The summed E-state index contributed by atoms with van der Waals surface area (Å²) in [5.74, 6) is -0.407. The molecule has 210 valence electrons. The smallest absolute Gasteiger partial charge is 0.311 e. The zero-order valence-corrected chi connectivity index (χ0v) is 24.1. The van der Waals surface area contributed by atoms with E-state index in [1.54, 1.807) is 4.90 Å². The molecule has 1 saturated heterocycles. The molecule has 1 aliphatic rings. The van der Waals surface area contributed by atoms with Crippen LogP contribution in [0.1, 0.15) is 137 Å². The van der Waals surface area contributed by atoms with Gasteiger partial charge in [-0.25, -0.2) is 0 Å². The van der Waals surface area contributed by atoms with Gasteiger partial charge >= 0.3 is 11.9 Å². The Morgan fingerprint density at radius 2 is 1.36 bits per heavy atom. The van der Waals surface area contributed by atoms with Gasteiger partial charge in [-0.3, -0.25) is 14.4 Å². The molecule has 1 rings (SSSR count). The zero-order chi connectivity index (χ0) is 26.9. The molecule has 0 N–H and O–H groups in total. The number of unbranched alkanes of at least 4 members (excludes halogenated alkanes) is 9. The van der Waals surface area contributed by atoms with Gasteiger partial charge in [-0.15, -0.1) is 0 Å². The van der Waals surface area contributed by atoms with E-state index >= 15 is 0 Å². The summed E-state index contributed by atoms with van der Waals surface area (Å²) in [5.41, 5.74) is -1.55. The van der Waals surface area contributed by atoms with Crippen molar-refractivity contribution in [1.82, 2.24) is 4.90 Å². The fraction of sp³-hybridized carbons (Fsp3) is 0.900. The van der Waals surface area contributed by atoms with E-state index < -0.39 is 10.8 Å². The molecule has 0 radical (unpaired) electrons. The Morgan fingerprint density at radius 3 is 1.97 bits per heavy atom. The Balaban J connectivity index is 2.33. The first-order valence-electron chi connectivity index (χ1n) is 14.8. The fourth-order valence-corrected chi connectivity index (χ4v) is 5.04. The van der Waals surface area contributed by atoms with E-state index in [0.29, 0.717) is 32.4 Å². The highest BCUT2D eigenvalue weighted by molar-refractivity contribution is 5.80. The van der Waals surface area contributed by atoms with Gasteiger partial charge in [0.2, 0.25) is 5.91 Å². The monoisotopic (exact) mass is 509 g/mol. The van der Waals surface area contributed by atoms with Crippen molar-refractivity contribution in [3.05, 3.63) is 0 Å². The number of hydrogen-bond donors (Lipinski definition) is 0. The molecule has 0 aliphatic carbocycles. The third kappa shape index (κ3) is 12.6. The van der Waals surface area contributed by atoms with Crippen molar-refractivity contribution < 1.29 is 23.9 Å². The quantitative estimate of drug-likeness (QED) is 0.136. The molecule has 0 aromatic rings. The van der Waals surface area contributed by atoms with E-state index in [1.807, 2.05) is 27.7 Å². The van der Waals surface area contributed by atoms with Gasteiger partial charge in [-0.05, 0) is 52.9 Å². The van der Waals surface area contributed by atoms with Crippen LogP contribution in [0.25, 0.3) is 0 Å². The molecule has 0 bridgehead atoms. The molecule has 0 aromatic carbocycles. The summed E-state index contributed by atoms with van der Waals surface area (Å²) >= 11 is 0. The van der Waals surface area contributed by atoms with E-state index in [4.69, 9.17) is 9.47 Å². The van der Waals surface area contributed by atoms with Crippen molar-refractivity contribution in [3.63, 3.8) is 0 Å². The number of likely N-dealkylation sites (tertiary alicyclic amines) is 1. The molecule has 36 heavy (non-hydrogen) atoms. The normalized spacial score (nSPS) is 16.4. The molecule has 1 heterocycles. The van der Waals surface area contributed by atoms with Crippen LogP contribution in [0.5, 0.6) is 0 Å². The van der Waals surface area contributed by atoms with Crippen LogP contribution in [0.2, 0.25) is 0 Å². The Kier molecular flexibility index (Phi) is 16.0. The average molecular weight is 510 g/mol. The third-order valence-corrected chi connectivity index (χ3v) is 7.65. The molecule has 0 aromatic heterocycles. The van der Waals surface area contributed by atoms with E-state index in [-0.39, 0.29) is 24.5 Å². The number of amides is 1. The predicted octanol–water partition coefficient (Wildman–Crippen LogP) is 7.23. The Bertz CT molecular complexity index is 647. The van der Waals surface area contributed by atoms with Crippen molar-refractivity contribution in [2.24, 2.45) is 10.8 Å². The lowest BCUT2D eigenvalue weighted by atomic mass is 9.72. The first-order chi connectivity index (χ1) is 17.2. The maximum Gasteiger partial charge on any atom is 0.311 e. The molecule has 0 spiro atoms. The fourth-order valence-electron chi connectivity index (χ4n) is 5.04. The van der Waals surface area contributed by atoms with E-state index in [2.05, 4.69) is 6.92 Å². The second-order valence-electron chi connectivity index (χ2n) is 11.6. The maximum absolute atomic E-state index is 12.9.